The first-order valence-corrected chi connectivity index (χ1v) is 5.41. The summed E-state index contributed by atoms with van der Waals surface area (Å²) in [7, 11) is 1.36. The number of para-hydroxylation sites is 1. The van der Waals surface area contributed by atoms with Gasteiger partial charge >= 0.3 is 5.97 Å². The maximum absolute atomic E-state index is 11.5. The summed E-state index contributed by atoms with van der Waals surface area (Å²) in [6.07, 6.45) is 0.496. The van der Waals surface area contributed by atoms with Crippen molar-refractivity contribution in [1.29, 1.82) is 0 Å². The lowest BCUT2D eigenvalue weighted by Gasteiger charge is -2.13. The van der Waals surface area contributed by atoms with Crippen molar-refractivity contribution in [1.82, 2.24) is 0 Å². The number of benzene rings is 1. The molecular formula is C12H15NO4. The van der Waals surface area contributed by atoms with E-state index < -0.39 is 0 Å². The predicted molar refractivity (Wildman–Crippen MR) is 60.8 cm³/mol. The number of ether oxygens (including phenoxy) is 3. The third-order valence-corrected chi connectivity index (χ3v) is 2.76. The van der Waals surface area contributed by atoms with Crippen LogP contribution in [0.3, 0.4) is 0 Å². The van der Waals surface area contributed by atoms with Gasteiger partial charge in [0.05, 0.1) is 13.0 Å². The molecule has 1 atom stereocenters. The zero-order valence-electron chi connectivity index (χ0n) is 9.64. The van der Waals surface area contributed by atoms with Crippen molar-refractivity contribution in [3.8, 4) is 11.5 Å². The molecule has 0 amide bonds. The van der Waals surface area contributed by atoms with E-state index in [0.29, 0.717) is 17.9 Å². The van der Waals surface area contributed by atoms with E-state index in [9.17, 15) is 4.79 Å². The highest BCUT2D eigenvalue weighted by molar-refractivity contribution is 5.73. The molecule has 0 bridgehead atoms. The molecule has 1 aromatic rings. The van der Waals surface area contributed by atoms with E-state index in [-0.39, 0.29) is 25.2 Å². The topological polar surface area (TPSA) is 70.8 Å². The summed E-state index contributed by atoms with van der Waals surface area (Å²) in [6, 6.07) is 5.61. The maximum Gasteiger partial charge on any atom is 0.310 e. The number of carbonyl (C=O) groups is 1. The van der Waals surface area contributed by atoms with E-state index in [0.717, 1.165) is 5.56 Å². The molecule has 92 valence electrons. The number of carbonyl (C=O) groups excluding carboxylic acids is 1. The molecule has 0 radical (unpaired) electrons. The van der Waals surface area contributed by atoms with Crippen LogP contribution >= 0.6 is 0 Å². The average molecular weight is 237 g/mol. The van der Waals surface area contributed by atoms with E-state index in [4.69, 9.17) is 19.9 Å². The highest BCUT2D eigenvalue weighted by Gasteiger charge is 2.23. The van der Waals surface area contributed by atoms with Crippen LogP contribution in [0.5, 0.6) is 11.5 Å². The Balaban J connectivity index is 2.18. The summed E-state index contributed by atoms with van der Waals surface area (Å²) in [6.45, 7) is 0.467. The molecule has 0 saturated carbocycles. The van der Waals surface area contributed by atoms with Crippen molar-refractivity contribution in [3.63, 3.8) is 0 Å². The Morgan fingerprint density at radius 2 is 2.35 bits per heavy atom. The number of nitrogens with two attached hydrogens (primary N) is 1. The van der Waals surface area contributed by atoms with Gasteiger partial charge in [-0.15, -0.1) is 0 Å². The van der Waals surface area contributed by atoms with Crippen LogP contribution in [0.15, 0.2) is 18.2 Å². The SMILES string of the molecule is COC(=O)C(CN)Cc1cccc2c1OCO2. The van der Waals surface area contributed by atoms with Crippen LogP contribution in [0.4, 0.5) is 0 Å². The number of hydrogen-bond donors (Lipinski definition) is 1. The van der Waals surface area contributed by atoms with Crippen molar-refractivity contribution in [2.45, 2.75) is 6.42 Å². The van der Waals surface area contributed by atoms with E-state index in [1.165, 1.54) is 7.11 Å². The van der Waals surface area contributed by atoms with E-state index in [2.05, 4.69) is 0 Å². The van der Waals surface area contributed by atoms with Crippen molar-refractivity contribution in [3.05, 3.63) is 23.8 Å². The minimum absolute atomic E-state index is 0.220. The van der Waals surface area contributed by atoms with Gasteiger partial charge in [0.1, 0.15) is 0 Å². The second-order valence-electron chi connectivity index (χ2n) is 3.81. The fraction of sp³-hybridized carbons (Fsp3) is 0.417. The van der Waals surface area contributed by atoms with Crippen LogP contribution in [0.25, 0.3) is 0 Å². The van der Waals surface area contributed by atoms with Gasteiger partial charge in [0, 0.05) is 6.54 Å². The first-order chi connectivity index (χ1) is 8.26. The molecule has 0 spiro atoms. The van der Waals surface area contributed by atoms with Gasteiger partial charge in [0.2, 0.25) is 6.79 Å². The van der Waals surface area contributed by atoms with Crippen LogP contribution in [0.1, 0.15) is 5.56 Å². The van der Waals surface area contributed by atoms with E-state index in [1.807, 2.05) is 18.2 Å². The largest absolute Gasteiger partial charge is 0.469 e. The first kappa shape index (κ1) is 11.7. The maximum atomic E-state index is 11.5. The smallest absolute Gasteiger partial charge is 0.310 e. The van der Waals surface area contributed by atoms with Crippen molar-refractivity contribution in [2.24, 2.45) is 11.7 Å². The minimum atomic E-state index is -0.351. The highest BCUT2D eigenvalue weighted by atomic mass is 16.7. The van der Waals surface area contributed by atoms with E-state index in [1.54, 1.807) is 0 Å². The molecule has 1 unspecified atom stereocenters. The Bertz CT molecular complexity index is 419. The van der Waals surface area contributed by atoms with Crippen LogP contribution in [0, 0.1) is 5.92 Å². The predicted octanol–water partition coefficient (Wildman–Crippen LogP) is 0.706. The molecule has 0 saturated heterocycles. The monoisotopic (exact) mass is 237 g/mol. The Morgan fingerprint density at radius 3 is 3.06 bits per heavy atom. The molecule has 2 N–H and O–H groups in total. The van der Waals surface area contributed by atoms with Gasteiger partial charge in [0.25, 0.3) is 0 Å². The molecule has 17 heavy (non-hydrogen) atoms. The second-order valence-corrected chi connectivity index (χ2v) is 3.81. The summed E-state index contributed by atoms with van der Waals surface area (Å²) in [4.78, 5) is 11.5. The number of rotatable bonds is 4. The van der Waals surface area contributed by atoms with Gasteiger partial charge in [0.15, 0.2) is 11.5 Å². The number of fused-ring (bicyclic) bond motifs is 1. The summed E-state index contributed by atoms with van der Waals surface area (Å²) in [5, 5.41) is 0. The van der Waals surface area contributed by atoms with Crippen molar-refractivity contribution < 1.29 is 19.0 Å². The van der Waals surface area contributed by atoms with Crippen LogP contribution in [-0.2, 0) is 16.0 Å². The average Bonchev–Trinajstić information content (AvgIpc) is 2.83. The Kier molecular flexibility index (Phi) is 3.49. The highest BCUT2D eigenvalue weighted by Crippen LogP contribution is 2.36. The third-order valence-electron chi connectivity index (χ3n) is 2.76. The second kappa shape index (κ2) is 5.05. The van der Waals surface area contributed by atoms with Crippen LogP contribution < -0.4 is 15.2 Å². The molecular weight excluding hydrogens is 222 g/mol. The normalized spacial score (nSPS) is 14.5. The molecule has 5 nitrogen and oxygen atoms in total. The first-order valence-electron chi connectivity index (χ1n) is 5.41. The zero-order valence-corrected chi connectivity index (χ0v) is 9.64. The molecule has 1 aliphatic rings. The summed E-state index contributed by atoms with van der Waals surface area (Å²) in [5.74, 6) is 0.762. The zero-order chi connectivity index (χ0) is 12.3. The van der Waals surface area contributed by atoms with Gasteiger partial charge in [-0.3, -0.25) is 4.79 Å². The fourth-order valence-electron chi connectivity index (χ4n) is 1.85. The lowest BCUT2D eigenvalue weighted by Crippen LogP contribution is -2.26. The molecule has 1 aliphatic heterocycles. The van der Waals surface area contributed by atoms with Crippen LogP contribution in [0.2, 0.25) is 0 Å². The lowest BCUT2D eigenvalue weighted by molar-refractivity contribution is -0.145. The lowest BCUT2D eigenvalue weighted by atomic mass is 9.98. The van der Waals surface area contributed by atoms with Gasteiger partial charge in [-0.2, -0.15) is 0 Å². The molecule has 0 aromatic heterocycles. The Labute approximate surface area is 99.5 Å². The number of esters is 1. The van der Waals surface area contributed by atoms with E-state index >= 15 is 0 Å². The number of methoxy groups -OCH3 is 1. The fourth-order valence-corrected chi connectivity index (χ4v) is 1.85. The minimum Gasteiger partial charge on any atom is -0.469 e. The van der Waals surface area contributed by atoms with Gasteiger partial charge in [-0.05, 0) is 18.1 Å². The molecule has 1 heterocycles. The van der Waals surface area contributed by atoms with Gasteiger partial charge < -0.3 is 19.9 Å². The quantitative estimate of drug-likeness (QED) is 0.781. The molecule has 5 heteroatoms. The Hall–Kier alpha value is -1.75. The van der Waals surface area contributed by atoms with Gasteiger partial charge in [-0.25, -0.2) is 0 Å². The Morgan fingerprint density at radius 1 is 1.53 bits per heavy atom. The summed E-state index contributed by atoms with van der Waals surface area (Å²) < 4.78 is 15.3. The number of hydrogen-bond acceptors (Lipinski definition) is 5. The third kappa shape index (κ3) is 2.34. The van der Waals surface area contributed by atoms with Gasteiger partial charge in [-0.1, -0.05) is 12.1 Å². The molecule has 0 fully saturated rings. The standard InChI is InChI=1S/C12H15NO4/c1-15-12(14)9(6-13)5-8-3-2-4-10-11(8)17-7-16-10/h2-4,9H,5-7,13H2,1H3. The molecule has 1 aromatic carbocycles. The molecule has 2 rings (SSSR count). The molecule has 0 aliphatic carbocycles. The van der Waals surface area contributed by atoms with Crippen molar-refractivity contribution in [2.75, 3.05) is 20.4 Å². The van der Waals surface area contributed by atoms with Crippen LogP contribution in [-0.4, -0.2) is 26.4 Å². The summed E-state index contributed by atoms with van der Waals surface area (Å²) >= 11 is 0. The summed E-state index contributed by atoms with van der Waals surface area (Å²) in [5.41, 5.74) is 6.49. The van der Waals surface area contributed by atoms with Crippen molar-refractivity contribution >= 4 is 5.97 Å².